The molecule has 2 aromatic rings. The van der Waals surface area contributed by atoms with Gasteiger partial charge in [-0.2, -0.15) is 11.8 Å². The van der Waals surface area contributed by atoms with Crippen molar-refractivity contribution in [1.29, 1.82) is 0 Å². The molecule has 2 nitrogen and oxygen atoms in total. The largest absolute Gasteiger partial charge is 0.492 e. The zero-order valence-corrected chi connectivity index (χ0v) is 13.1. The summed E-state index contributed by atoms with van der Waals surface area (Å²) in [5.74, 6) is 4.92. The van der Waals surface area contributed by atoms with Crippen LogP contribution in [0.1, 0.15) is 6.92 Å². The second-order valence-electron chi connectivity index (χ2n) is 4.69. The standard InChI is InChI=1S/C16H18O2S2/c1-2-19-11-18-15-6-4-12-7-14(5-3-13(12)8-15)17-9-16-10-20-16/h3-8,16H,2,9-11H2,1H3. The van der Waals surface area contributed by atoms with Crippen molar-refractivity contribution in [2.24, 2.45) is 0 Å². The van der Waals surface area contributed by atoms with Crippen molar-refractivity contribution in [2.75, 3.05) is 24.1 Å². The van der Waals surface area contributed by atoms with E-state index in [0.29, 0.717) is 11.2 Å². The molecule has 0 bridgehead atoms. The van der Waals surface area contributed by atoms with Gasteiger partial charge in [-0.05, 0) is 40.8 Å². The van der Waals surface area contributed by atoms with Gasteiger partial charge in [-0.25, -0.2) is 0 Å². The lowest BCUT2D eigenvalue weighted by Gasteiger charge is -2.08. The molecular formula is C16H18O2S2. The molecular weight excluding hydrogens is 288 g/mol. The summed E-state index contributed by atoms with van der Waals surface area (Å²) < 4.78 is 11.5. The lowest BCUT2D eigenvalue weighted by Crippen LogP contribution is -2.02. The lowest BCUT2D eigenvalue weighted by atomic mass is 10.1. The second-order valence-corrected chi connectivity index (χ2v) is 7.25. The monoisotopic (exact) mass is 306 g/mol. The topological polar surface area (TPSA) is 18.5 Å². The summed E-state index contributed by atoms with van der Waals surface area (Å²) in [6, 6.07) is 12.5. The highest BCUT2D eigenvalue weighted by molar-refractivity contribution is 8.06. The Morgan fingerprint density at radius 3 is 2.35 bits per heavy atom. The third kappa shape index (κ3) is 3.76. The number of fused-ring (bicyclic) bond motifs is 1. The average Bonchev–Trinajstić information content (AvgIpc) is 3.29. The van der Waals surface area contributed by atoms with Gasteiger partial charge in [0.2, 0.25) is 0 Å². The minimum atomic E-state index is 0.706. The van der Waals surface area contributed by atoms with Gasteiger partial charge in [0.15, 0.2) is 0 Å². The maximum Gasteiger partial charge on any atom is 0.134 e. The van der Waals surface area contributed by atoms with Gasteiger partial charge in [-0.1, -0.05) is 19.1 Å². The van der Waals surface area contributed by atoms with E-state index in [-0.39, 0.29) is 0 Å². The number of benzene rings is 2. The zero-order chi connectivity index (χ0) is 13.8. The lowest BCUT2D eigenvalue weighted by molar-refractivity contribution is 0.330. The fourth-order valence-corrected chi connectivity index (χ4v) is 2.71. The molecule has 1 heterocycles. The molecule has 0 aromatic heterocycles. The fourth-order valence-electron chi connectivity index (χ4n) is 1.93. The van der Waals surface area contributed by atoms with Gasteiger partial charge in [0.25, 0.3) is 0 Å². The molecule has 1 unspecified atom stereocenters. The van der Waals surface area contributed by atoms with Gasteiger partial charge >= 0.3 is 0 Å². The van der Waals surface area contributed by atoms with E-state index in [1.165, 1.54) is 16.5 Å². The Morgan fingerprint density at radius 1 is 1.10 bits per heavy atom. The van der Waals surface area contributed by atoms with E-state index in [4.69, 9.17) is 9.47 Å². The Balaban J connectivity index is 1.68. The van der Waals surface area contributed by atoms with Crippen LogP contribution in [0.15, 0.2) is 36.4 Å². The summed E-state index contributed by atoms with van der Waals surface area (Å²) in [7, 11) is 0. The first kappa shape index (κ1) is 14.0. The maximum atomic E-state index is 5.79. The highest BCUT2D eigenvalue weighted by atomic mass is 32.2. The van der Waals surface area contributed by atoms with Crippen LogP contribution >= 0.6 is 23.5 Å². The second kappa shape index (κ2) is 6.64. The zero-order valence-electron chi connectivity index (χ0n) is 11.5. The minimum Gasteiger partial charge on any atom is -0.492 e. The van der Waals surface area contributed by atoms with Crippen LogP contribution < -0.4 is 9.47 Å². The summed E-state index contributed by atoms with van der Waals surface area (Å²) in [6.07, 6.45) is 0. The predicted octanol–water partition coefficient (Wildman–Crippen LogP) is 4.42. The Bertz CT molecular complexity index is 582. The van der Waals surface area contributed by atoms with Crippen molar-refractivity contribution in [3.8, 4) is 11.5 Å². The summed E-state index contributed by atoms with van der Waals surface area (Å²) in [4.78, 5) is 0. The first-order valence-electron chi connectivity index (χ1n) is 6.84. The molecule has 0 N–H and O–H groups in total. The average molecular weight is 306 g/mol. The van der Waals surface area contributed by atoms with Crippen molar-refractivity contribution in [1.82, 2.24) is 0 Å². The van der Waals surface area contributed by atoms with Crippen LogP contribution in [0.3, 0.4) is 0 Å². The third-order valence-corrected chi connectivity index (χ3v) is 4.77. The van der Waals surface area contributed by atoms with Crippen molar-refractivity contribution in [3.05, 3.63) is 36.4 Å². The van der Waals surface area contributed by atoms with Crippen molar-refractivity contribution in [3.63, 3.8) is 0 Å². The number of hydrogen-bond acceptors (Lipinski definition) is 4. The molecule has 1 saturated heterocycles. The van der Waals surface area contributed by atoms with E-state index < -0.39 is 0 Å². The van der Waals surface area contributed by atoms with Gasteiger partial charge in [0.1, 0.15) is 24.0 Å². The van der Waals surface area contributed by atoms with Crippen LogP contribution in [0.4, 0.5) is 0 Å². The highest BCUT2D eigenvalue weighted by Crippen LogP contribution is 2.31. The molecule has 1 aliphatic heterocycles. The SMILES string of the molecule is CCSCOc1ccc2cc(OCC3CS3)ccc2c1. The molecule has 0 spiro atoms. The van der Waals surface area contributed by atoms with E-state index in [1.54, 1.807) is 11.8 Å². The van der Waals surface area contributed by atoms with Gasteiger partial charge in [0, 0.05) is 11.0 Å². The normalized spacial score (nSPS) is 17.1. The Labute approximate surface area is 128 Å². The molecule has 1 atom stereocenters. The van der Waals surface area contributed by atoms with Crippen molar-refractivity contribution < 1.29 is 9.47 Å². The van der Waals surface area contributed by atoms with Crippen LogP contribution in [0.2, 0.25) is 0 Å². The molecule has 1 fully saturated rings. The van der Waals surface area contributed by atoms with Gasteiger partial charge in [0.05, 0.1) is 0 Å². The van der Waals surface area contributed by atoms with Gasteiger partial charge in [-0.15, -0.1) is 11.8 Å². The first-order valence-corrected chi connectivity index (χ1v) is 9.04. The van der Waals surface area contributed by atoms with Crippen LogP contribution in [0.25, 0.3) is 10.8 Å². The Kier molecular flexibility index (Phi) is 4.63. The molecule has 0 aliphatic carbocycles. The minimum absolute atomic E-state index is 0.706. The molecule has 4 heteroatoms. The Hall–Kier alpha value is -1.00. The quantitative estimate of drug-likeness (QED) is 0.428. The van der Waals surface area contributed by atoms with E-state index in [0.717, 1.165) is 23.9 Å². The van der Waals surface area contributed by atoms with Gasteiger partial charge < -0.3 is 9.47 Å². The highest BCUT2D eigenvalue weighted by Gasteiger charge is 2.22. The molecule has 2 aromatic carbocycles. The first-order chi connectivity index (χ1) is 9.85. The van der Waals surface area contributed by atoms with Crippen LogP contribution in [-0.4, -0.2) is 29.3 Å². The van der Waals surface area contributed by atoms with E-state index in [2.05, 4.69) is 31.2 Å². The number of thioether (sulfide) groups is 2. The van der Waals surface area contributed by atoms with E-state index in [1.807, 2.05) is 23.9 Å². The van der Waals surface area contributed by atoms with Crippen LogP contribution in [0, 0.1) is 0 Å². The fraction of sp³-hybridized carbons (Fsp3) is 0.375. The van der Waals surface area contributed by atoms with E-state index >= 15 is 0 Å². The maximum absolute atomic E-state index is 5.79. The third-order valence-electron chi connectivity index (χ3n) is 3.13. The van der Waals surface area contributed by atoms with Gasteiger partial charge in [-0.3, -0.25) is 0 Å². The molecule has 1 aliphatic rings. The molecule has 0 radical (unpaired) electrons. The van der Waals surface area contributed by atoms with E-state index in [9.17, 15) is 0 Å². The summed E-state index contributed by atoms with van der Waals surface area (Å²) in [6.45, 7) is 2.96. The number of ether oxygens (including phenoxy) is 2. The van der Waals surface area contributed by atoms with Crippen LogP contribution in [-0.2, 0) is 0 Å². The van der Waals surface area contributed by atoms with Crippen molar-refractivity contribution >= 4 is 34.3 Å². The molecule has 106 valence electrons. The smallest absolute Gasteiger partial charge is 0.134 e. The van der Waals surface area contributed by atoms with Crippen molar-refractivity contribution in [2.45, 2.75) is 12.2 Å². The molecule has 0 saturated carbocycles. The molecule has 0 amide bonds. The summed E-state index contributed by atoms with van der Waals surface area (Å²) >= 11 is 3.74. The Morgan fingerprint density at radius 2 is 1.75 bits per heavy atom. The van der Waals surface area contributed by atoms with Crippen LogP contribution in [0.5, 0.6) is 11.5 Å². The predicted molar refractivity (Wildman–Crippen MR) is 89.3 cm³/mol. The summed E-state index contributed by atoms with van der Waals surface area (Å²) in [5.41, 5.74) is 0. The summed E-state index contributed by atoms with van der Waals surface area (Å²) in [5, 5.41) is 3.09. The number of rotatable bonds is 7. The molecule has 3 rings (SSSR count). The number of hydrogen-bond donors (Lipinski definition) is 0. The molecule has 20 heavy (non-hydrogen) atoms.